The fourth-order valence-corrected chi connectivity index (χ4v) is 2.04. The molecule has 0 unspecified atom stereocenters. The third kappa shape index (κ3) is 1.66. The van der Waals surface area contributed by atoms with Crippen molar-refractivity contribution in [1.29, 1.82) is 0 Å². The lowest BCUT2D eigenvalue weighted by Gasteiger charge is -2.38. The Hall–Kier alpha value is -0.900. The van der Waals surface area contributed by atoms with Crippen molar-refractivity contribution < 1.29 is 0 Å². The predicted octanol–water partition coefficient (Wildman–Crippen LogP) is 1.49. The summed E-state index contributed by atoms with van der Waals surface area (Å²) in [6.07, 6.45) is 5.71. The fraction of sp³-hybridized carbons (Fsp3) is 0.800. The number of hydrogen-bond donors (Lipinski definition) is 1. The molecule has 1 atom stereocenters. The second-order valence-electron chi connectivity index (χ2n) is 4.77. The van der Waals surface area contributed by atoms with E-state index >= 15 is 0 Å². The maximum absolute atomic E-state index is 5.84. The molecule has 1 aromatic rings. The Morgan fingerprint density at radius 3 is 2.86 bits per heavy atom. The molecular weight excluding hydrogens is 176 g/mol. The van der Waals surface area contributed by atoms with E-state index in [4.69, 9.17) is 5.73 Å². The molecule has 0 bridgehead atoms. The highest BCUT2D eigenvalue weighted by Crippen LogP contribution is 2.41. The van der Waals surface area contributed by atoms with Crippen LogP contribution in [0.15, 0.2) is 6.20 Å². The van der Waals surface area contributed by atoms with Crippen molar-refractivity contribution in [2.45, 2.75) is 45.7 Å². The summed E-state index contributed by atoms with van der Waals surface area (Å²) in [5.41, 5.74) is 7.30. The Balaban J connectivity index is 2.12. The molecule has 0 radical (unpaired) electrons. The van der Waals surface area contributed by atoms with Crippen molar-refractivity contribution in [2.24, 2.45) is 11.1 Å². The van der Waals surface area contributed by atoms with Crippen molar-refractivity contribution in [2.75, 3.05) is 0 Å². The van der Waals surface area contributed by atoms with Gasteiger partial charge in [0.1, 0.15) is 0 Å². The highest BCUT2D eigenvalue weighted by Gasteiger charge is 2.33. The number of hydrogen-bond acceptors (Lipinski definition) is 3. The van der Waals surface area contributed by atoms with Gasteiger partial charge in [-0.05, 0) is 25.2 Å². The summed E-state index contributed by atoms with van der Waals surface area (Å²) in [5, 5.41) is 8.01. The SMILES string of the molecule is C[C@H](N)c1cnnn1CC1(C)CCC1. The molecule has 2 N–H and O–H groups in total. The second kappa shape index (κ2) is 3.35. The van der Waals surface area contributed by atoms with Crippen molar-refractivity contribution in [3.8, 4) is 0 Å². The van der Waals surface area contributed by atoms with Gasteiger partial charge in [-0.2, -0.15) is 0 Å². The maximum atomic E-state index is 5.84. The zero-order chi connectivity index (χ0) is 10.2. The maximum Gasteiger partial charge on any atom is 0.0751 e. The van der Waals surface area contributed by atoms with Crippen LogP contribution in [0.25, 0.3) is 0 Å². The molecule has 0 aliphatic heterocycles. The third-order valence-electron chi connectivity index (χ3n) is 3.21. The van der Waals surface area contributed by atoms with Crippen LogP contribution in [0, 0.1) is 5.41 Å². The molecule has 78 valence electrons. The van der Waals surface area contributed by atoms with Gasteiger partial charge in [0.2, 0.25) is 0 Å². The van der Waals surface area contributed by atoms with Crippen LogP contribution in [0.4, 0.5) is 0 Å². The smallest absolute Gasteiger partial charge is 0.0751 e. The molecule has 1 aromatic heterocycles. The highest BCUT2D eigenvalue weighted by molar-refractivity contribution is 5.00. The van der Waals surface area contributed by atoms with Gasteiger partial charge in [0.25, 0.3) is 0 Å². The largest absolute Gasteiger partial charge is 0.323 e. The van der Waals surface area contributed by atoms with E-state index in [0.717, 1.165) is 12.2 Å². The van der Waals surface area contributed by atoms with E-state index < -0.39 is 0 Å². The van der Waals surface area contributed by atoms with E-state index in [1.54, 1.807) is 6.20 Å². The van der Waals surface area contributed by atoms with Gasteiger partial charge in [0.15, 0.2) is 0 Å². The molecule has 1 heterocycles. The van der Waals surface area contributed by atoms with Gasteiger partial charge in [0, 0.05) is 12.6 Å². The Morgan fingerprint density at radius 2 is 2.36 bits per heavy atom. The van der Waals surface area contributed by atoms with Crippen LogP contribution in [0.2, 0.25) is 0 Å². The van der Waals surface area contributed by atoms with E-state index in [-0.39, 0.29) is 6.04 Å². The summed E-state index contributed by atoms with van der Waals surface area (Å²) in [4.78, 5) is 0. The highest BCUT2D eigenvalue weighted by atomic mass is 15.4. The molecule has 1 aliphatic rings. The van der Waals surface area contributed by atoms with E-state index in [2.05, 4.69) is 17.2 Å². The van der Waals surface area contributed by atoms with Gasteiger partial charge >= 0.3 is 0 Å². The predicted molar refractivity (Wildman–Crippen MR) is 54.6 cm³/mol. The van der Waals surface area contributed by atoms with Crippen LogP contribution >= 0.6 is 0 Å². The summed E-state index contributed by atoms with van der Waals surface area (Å²) in [6, 6.07) is 0.0219. The van der Waals surface area contributed by atoms with Crippen LogP contribution in [-0.4, -0.2) is 15.0 Å². The van der Waals surface area contributed by atoms with E-state index in [0.29, 0.717) is 5.41 Å². The topological polar surface area (TPSA) is 56.7 Å². The lowest BCUT2D eigenvalue weighted by atomic mass is 9.70. The van der Waals surface area contributed by atoms with Gasteiger partial charge in [-0.15, -0.1) is 5.10 Å². The third-order valence-corrected chi connectivity index (χ3v) is 3.21. The monoisotopic (exact) mass is 194 g/mol. The number of rotatable bonds is 3. The zero-order valence-corrected chi connectivity index (χ0v) is 8.90. The average Bonchev–Trinajstić information content (AvgIpc) is 2.49. The Kier molecular flexibility index (Phi) is 2.31. The fourth-order valence-electron chi connectivity index (χ4n) is 2.04. The van der Waals surface area contributed by atoms with Crippen molar-refractivity contribution in [3.05, 3.63) is 11.9 Å². The van der Waals surface area contributed by atoms with Crippen molar-refractivity contribution in [3.63, 3.8) is 0 Å². The second-order valence-corrected chi connectivity index (χ2v) is 4.77. The first-order valence-electron chi connectivity index (χ1n) is 5.25. The Labute approximate surface area is 84.5 Å². The minimum atomic E-state index is 0.0219. The van der Waals surface area contributed by atoms with Gasteiger partial charge in [0.05, 0.1) is 11.9 Å². The molecule has 0 aromatic carbocycles. The number of aromatic nitrogens is 3. The first-order valence-corrected chi connectivity index (χ1v) is 5.25. The minimum Gasteiger partial charge on any atom is -0.323 e. The summed E-state index contributed by atoms with van der Waals surface area (Å²) in [7, 11) is 0. The minimum absolute atomic E-state index is 0.0219. The summed E-state index contributed by atoms with van der Waals surface area (Å²) in [6.45, 7) is 5.24. The molecule has 4 heteroatoms. The van der Waals surface area contributed by atoms with Crippen LogP contribution in [0.3, 0.4) is 0 Å². The number of nitrogens with zero attached hydrogens (tertiary/aromatic N) is 3. The number of nitrogens with two attached hydrogens (primary N) is 1. The van der Waals surface area contributed by atoms with Crippen LogP contribution in [0.5, 0.6) is 0 Å². The lowest BCUT2D eigenvalue weighted by molar-refractivity contribution is 0.123. The molecule has 1 fully saturated rings. The normalized spacial score (nSPS) is 21.6. The molecule has 0 saturated heterocycles. The quantitative estimate of drug-likeness (QED) is 0.793. The standard InChI is InChI=1S/C10H18N4/c1-8(11)9-6-12-13-14(9)7-10(2)4-3-5-10/h6,8H,3-5,7,11H2,1-2H3/t8-/m0/s1. The molecule has 14 heavy (non-hydrogen) atoms. The zero-order valence-electron chi connectivity index (χ0n) is 8.90. The molecule has 0 amide bonds. The van der Waals surface area contributed by atoms with Crippen molar-refractivity contribution in [1.82, 2.24) is 15.0 Å². The van der Waals surface area contributed by atoms with Crippen LogP contribution in [-0.2, 0) is 6.54 Å². The van der Waals surface area contributed by atoms with Gasteiger partial charge in [-0.25, -0.2) is 4.68 Å². The van der Waals surface area contributed by atoms with E-state index in [9.17, 15) is 0 Å². The Bertz CT molecular complexity index is 312. The van der Waals surface area contributed by atoms with E-state index in [1.807, 2.05) is 11.6 Å². The Morgan fingerprint density at radius 1 is 1.64 bits per heavy atom. The molecule has 4 nitrogen and oxygen atoms in total. The molecule has 1 aliphatic carbocycles. The first-order chi connectivity index (χ1) is 6.61. The summed E-state index contributed by atoms with van der Waals surface area (Å²) < 4.78 is 1.96. The summed E-state index contributed by atoms with van der Waals surface area (Å²) >= 11 is 0. The van der Waals surface area contributed by atoms with Gasteiger partial charge in [-0.3, -0.25) is 0 Å². The first kappa shape index (κ1) is 9.65. The molecular formula is C10H18N4. The molecule has 0 spiro atoms. The van der Waals surface area contributed by atoms with E-state index in [1.165, 1.54) is 19.3 Å². The summed E-state index contributed by atoms with van der Waals surface area (Å²) in [5.74, 6) is 0. The van der Waals surface area contributed by atoms with Crippen LogP contribution in [0.1, 0.15) is 44.8 Å². The van der Waals surface area contributed by atoms with Gasteiger partial charge in [-0.1, -0.05) is 18.6 Å². The van der Waals surface area contributed by atoms with Crippen LogP contribution < -0.4 is 5.73 Å². The molecule has 2 rings (SSSR count). The van der Waals surface area contributed by atoms with Crippen molar-refractivity contribution >= 4 is 0 Å². The lowest BCUT2D eigenvalue weighted by Crippen LogP contribution is -2.32. The van der Waals surface area contributed by atoms with Gasteiger partial charge < -0.3 is 5.73 Å². The average molecular weight is 194 g/mol. The molecule has 1 saturated carbocycles.